The van der Waals surface area contributed by atoms with Gasteiger partial charge in [-0.2, -0.15) is 0 Å². The molecule has 0 aromatic heterocycles. The summed E-state index contributed by atoms with van der Waals surface area (Å²) in [5, 5.41) is 2.37. The average Bonchev–Trinajstić information content (AvgIpc) is 2.35. The van der Waals surface area contributed by atoms with Crippen molar-refractivity contribution in [2.45, 2.75) is 19.3 Å². The zero-order valence-corrected chi connectivity index (χ0v) is 12.0. The van der Waals surface area contributed by atoms with Crippen LogP contribution in [0, 0.1) is 0 Å². The highest BCUT2D eigenvalue weighted by Gasteiger charge is 2.25. The molecule has 0 aliphatic carbocycles. The van der Waals surface area contributed by atoms with E-state index in [9.17, 15) is 4.79 Å². The highest BCUT2D eigenvalue weighted by atomic mass is 32.1. The fraction of sp³-hybridized carbons (Fsp3) is 0.462. The minimum absolute atomic E-state index is 0.254. The van der Waals surface area contributed by atoms with Crippen molar-refractivity contribution in [1.29, 1.82) is 0 Å². The second kappa shape index (κ2) is 6.00. The molecule has 0 radical (unpaired) electrons. The van der Waals surface area contributed by atoms with Crippen molar-refractivity contribution in [3.8, 4) is 11.5 Å². The van der Waals surface area contributed by atoms with E-state index in [1.165, 1.54) is 0 Å². The average molecular weight is 269 g/mol. The molecule has 100 valence electrons. The number of amides is 1. The van der Waals surface area contributed by atoms with Crippen LogP contribution in [-0.2, 0) is 5.41 Å². The monoisotopic (exact) mass is 269 g/mol. The smallest absolute Gasteiger partial charge is 0.276 e. The largest absolute Gasteiger partial charge is 0.497 e. The molecule has 4 nitrogen and oxygen atoms in total. The maximum absolute atomic E-state index is 10.9. The van der Waals surface area contributed by atoms with Crippen molar-refractivity contribution < 1.29 is 14.3 Å². The van der Waals surface area contributed by atoms with Gasteiger partial charge in [0.1, 0.15) is 11.5 Å². The fourth-order valence-electron chi connectivity index (χ4n) is 1.75. The summed E-state index contributed by atoms with van der Waals surface area (Å²) in [5.74, 6) is 1.48. The fourth-order valence-corrected chi connectivity index (χ4v) is 1.83. The molecule has 1 rings (SSSR count). The lowest BCUT2D eigenvalue weighted by atomic mass is 9.84. The molecule has 5 heteroatoms. The predicted octanol–water partition coefficient (Wildman–Crippen LogP) is 2.62. The number of nitrogens with one attached hydrogen (secondary N) is 1. The molecule has 1 amide bonds. The summed E-state index contributed by atoms with van der Waals surface area (Å²) in [6.45, 7) is 4.54. The third-order valence-corrected chi connectivity index (χ3v) is 2.98. The molecule has 0 fully saturated rings. The van der Waals surface area contributed by atoms with Crippen molar-refractivity contribution in [2.24, 2.45) is 0 Å². The Bertz CT molecular complexity index is 432. The Labute approximate surface area is 113 Å². The lowest BCUT2D eigenvalue weighted by Crippen LogP contribution is -2.34. The number of hydrogen-bond acceptors (Lipinski definition) is 3. The Morgan fingerprint density at radius 2 is 2.00 bits per heavy atom. The number of hydrogen-bond donors (Lipinski definition) is 2. The summed E-state index contributed by atoms with van der Waals surface area (Å²) in [6.07, 6.45) is 0. The number of carbonyl (C=O) groups is 1. The second-order valence-corrected chi connectivity index (χ2v) is 5.01. The molecule has 0 unspecified atom stereocenters. The first kappa shape index (κ1) is 14.7. The number of ether oxygens (including phenoxy) is 2. The lowest BCUT2D eigenvalue weighted by Gasteiger charge is -2.27. The second-order valence-electron chi connectivity index (χ2n) is 4.61. The van der Waals surface area contributed by atoms with Crippen molar-refractivity contribution in [3.05, 3.63) is 23.8 Å². The molecule has 0 spiro atoms. The van der Waals surface area contributed by atoms with Crippen molar-refractivity contribution in [1.82, 2.24) is 5.32 Å². The molecule has 0 saturated carbocycles. The maximum atomic E-state index is 10.9. The van der Waals surface area contributed by atoms with Crippen molar-refractivity contribution in [2.75, 3.05) is 20.8 Å². The van der Waals surface area contributed by atoms with Crippen LogP contribution in [0.4, 0.5) is 4.79 Å². The van der Waals surface area contributed by atoms with Gasteiger partial charge in [-0.05, 0) is 6.07 Å². The number of benzene rings is 1. The zero-order valence-electron chi connectivity index (χ0n) is 11.1. The highest BCUT2D eigenvalue weighted by Crippen LogP contribution is 2.34. The summed E-state index contributed by atoms with van der Waals surface area (Å²) >= 11 is 3.70. The minimum Gasteiger partial charge on any atom is -0.497 e. The first-order chi connectivity index (χ1) is 8.40. The third kappa shape index (κ3) is 3.57. The summed E-state index contributed by atoms with van der Waals surface area (Å²) in [6, 6.07) is 5.66. The Morgan fingerprint density at radius 1 is 1.33 bits per heavy atom. The number of thiol groups is 1. The van der Waals surface area contributed by atoms with Crippen LogP contribution in [0.2, 0.25) is 0 Å². The van der Waals surface area contributed by atoms with E-state index in [2.05, 4.69) is 17.9 Å². The first-order valence-electron chi connectivity index (χ1n) is 5.60. The molecule has 1 N–H and O–H groups in total. The van der Waals surface area contributed by atoms with Crippen molar-refractivity contribution in [3.63, 3.8) is 0 Å². The predicted molar refractivity (Wildman–Crippen MR) is 75.0 cm³/mol. The Kier molecular flexibility index (Phi) is 4.90. The van der Waals surface area contributed by atoms with Gasteiger partial charge >= 0.3 is 0 Å². The van der Waals surface area contributed by atoms with Crippen LogP contribution in [0.1, 0.15) is 19.4 Å². The summed E-state index contributed by atoms with van der Waals surface area (Å²) in [4.78, 5) is 10.9. The van der Waals surface area contributed by atoms with Crippen LogP contribution in [-0.4, -0.2) is 26.0 Å². The summed E-state index contributed by atoms with van der Waals surface area (Å²) in [5.41, 5.74) is 0.753. The molecular weight excluding hydrogens is 250 g/mol. The molecule has 18 heavy (non-hydrogen) atoms. The summed E-state index contributed by atoms with van der Waals surface area (Å²) in [7, 11) is 3.23. The van der Waals surface area contributed by atoms with Crippen LogP contribution in [0.5, 0.6) is 11.5 Å². The number of carbonyl (C=O) groups excluding carboxylic acids is 1. The van der Waals surface area contributed by atoms with Gasteiger partial charge in [-0.3, -0.25) is 4.79 Å². The number of rotatable bonds is 5. The normalized spacial score (nSPS) is 10.9. The quantitative estimate of drug-likeness (QED) is 0.808. The van der Waals surface area contributed by atoms with Gasteiger partial charge in [0.05, 0.1) is 14.2 Å². The van der Waals surface area contributed by atoms with Crippen molar-refractivity contribution >= 4 is 17.9 Å². The van der Waals surface area contributed by atoms with Gasteiger partial charge in [0.15, 0.2) is 0 Å². The van der Waals surface area contributed by atoms with E-state index in [0.29, 0.717) is 6.54 Å². The topological polar surface area (TPSA) is 47.6 Å². The minimum atomic E-state index is -0.337. The van der Waals surface area contributed by atoms with Gasteiger partial charge in [-0.15, -0.1) is 0 Å². The van der Waals surface area contributed by atoms with E-state index in [0.717, 1.165) is 17.1 Å². The van der Waals surface area contributed by atoms with E-state index >= 15 is 0 Å². The van der Waals surface area contributed by atoms with Gasteiger partial charge in [0.2, 0.25) is 0 Å². The molecular formula is C13H19NO3S. The maximum Gasteiger partial charge on any atom is 0.276 e. The van der Waals surface area contributed by atoms with E-state index < -0.39 is 0 Å². The Balaban J connectivity index is 3.02. The zero-order chi connectivity index (χ0) is 13.8. The van der Waals surface area contributed by atoms with Gasteiger partial charge in [0.25, 0.3) is 5.24 Å². The lowest BCUT2D eigenvalue weighted by molar-refractivity contribution is 0.258. The van der Waals surface area contributed by atoms with Crippen LogP contribution in [0.25, 0.3) is 0 Å². The number of methoxy groups -OCH3 is 2. The van der Waals surface area contributed by atoms with Gasteiger partial charge < -0.3 is 14.8 Å². The molecule has 0 heterocycles. The molecule has 0 saturated heterocycles. The van der Waals surface area contributed by atoms with Gasteiger partial charge in [-0.25, -0.2) is 0 Å². The van der Waals surface area contributed by atoms with E-state index in [4.69, 9.17) is 9.47 Å². The summed E-state index contributed by atoms with van der Waals surface area (Å²) < 4.78 is 10.5. The molecule has 1 aromatic carbocycles. The van der Waals surface area contributed by atoms with E-state index in [1.54, 1.807) is 14.2 Å². The third-order valence-electron chi connectivity index (χ3n) is 2.82. The van der Waals surface area contributed by atoms with Crippen LogP contribution in [0.3, 0.4) is 0 Å². The SMILES string of the molecule is COc1ccc(C(C)(C)CNC(=O)S)c(OC)c1. The van der Waals surface area contributed by atoms with Gasteiger partial charge in [0, 0.05) is 23.6 Å². The van der Waals surface area contributed by atoms with Gasteiger partial charge in [-0.1, -0.05) is 32.5 Å². The molecule has 0 aliphatic rings. The van der Waals surface area contributed by atoms with Crippen LogP contribution >= 0.6 is 12.6 Å². The highest BCUT2D eigenvalue weighted by molar-refractivity contribution is 7.96. The molecule has 0 atom stereocenters. The van der Waals surface area contributed by atoms with Crippen LogP contribution < -0.4 is 14.8 Å². The standard InChI is InChI=1S/C13H19NO3S/c1-13(2,8-14-12(15)18)10-6-5-9(16-3)7-11(10)17-4/h5-7H,8H2,1-4H3,(H2,14,15,18). The molecule has 0 bridgehead atoms. The Hall–Kier alpha value is -1.36. The van der Waals surface area contributed by atoms with E-state index in [-0.39, 0.29) is 10.7 Å². The first-order valence-corrected chi connectivity index (χ1v) is 6.04. The molecule has 0 aliphatic heterocycles. The van der Waals surface area contributed by atoms with E-state index in [1.807, 2.05) is 32.0 Å². The van der Waals surface area contributed by atoms with Crippen LogP contribution in [0.15, 0.2) is 18.2 Å². The Morgan fingerprint density at radius 3 is 2.50 bits per heavy atom. The molecule has 1 aromatic rings.